The molecule has 0 aliphatic rings. The Bertz CT molecular complexity index is 571. The zero-order chi connectivity index (χ0) is 15.1. The molecule has 1 aromatic carbocycles. The Labute approximate surface area is 123 Å². The fourth-order valence-electron chi connectivity index (χ4n) is 1.78. The molecule has 0 amide bonds. The number of benzene rings is 1. The second kappa shape index (κ2) is 7.49. The van der Waals surface area contributed by atoms with E-state index in [0.717, 1.165) is 5.69 Å². The Balaban J connectivity index is 2.13. The minimum atomic E-state index is 0.340. The molecule has 0 saturated heterocycles. The van der Waals surface area contributed by atoms with Gasteiger partial charge in [-0.2, -0.15) is 0 Å². The molecule has 0 aliphatic heterocycles. The van der Waals surface area contributed by atoms with Crippen LogP contribution in [0.3, 0.4) is 0 Å². The second-order valence-electron chi connectivity index (χ2n) is 4.18. The summed E-state index contributed by atoms with van der Waals surface area (Å²) in [5.74, 6) is 1.92. The molecule has 0 aliphatic carbocycles. The van der Waals surface area contributed by atoms with Crippen molar-refractivity contribution in [2.24, 2.45) is 0 Å². The maximum absolute atomic E-state index is 5.57. The Morgan fingerprint density at radius 1 is 1.10 bits per heavy atom. The minimum absolute atomic E-state index is 0.340. The largest absolute Gasteiger partial charge is 0.490 e. The van der Waals surface area contributed by atoms with E-state index in [-0.39, 0.29) is 0 Å². The van der Waals surface area contributed by atoms with Crippen LogP contribution in [0.15, 0.2) is 22.6 Å². The standard InChI is InChI=1S/C14H20N4O3/c1-4-19-11-7-6-10(8-12(11)20-5-2)16-14-18-17-13(21-14)9-15-3/h6-8,15H,4-5,9H2,1-3H3,(H,16,18). The van der Waals surface area contributed by atoms with Gasteiger partial charge in [-0.25, -0.2) is 0 Å². The van der Waals surface area contributed by atoms with Crippen LogP contribution in [0, 0.1) is 0 Å². The van der Waals surface area contributed by atoms with E-state index in [2.05, 4.69) is 20.8 Å². The molecule has 2 rings (SSSR count). The molecule has 0 radical (unpaired) electrons. The summed E-state index contributed by atoms with van der Waals surface area (Å²) in [6, 6.07) is 5.90. The number of hydrogen-bond donors (Lipinski definition) is 2. The molecule has 7 heteroatoms. The summed E-state index contributed by atoms with van der Waals surface area (Å²) in [6.45, 7) is 5.55. The summed E-state index contributed by atoms with van der Waals surface area (Å²) in [7, 11) is 1.82. The van der Waals surface area contributed by atoms with Gasteiger partial charge in [0.05, 0.1) is 19.8 Å². The molecule has 1 aromatic heterocycles. The van der Waals surface area contributed by atoms with Gasteiger partial charge < -0.3 is 24.5 Å². The van der Waals surface area contributed by atoms with Crippen molar-refractivity contribution >= 4 is 11.7 Å². The van der Waals surface area contributed by atoms with Crippen LogP contribution in [-0.2, 0) is 6.54 Å². The fraction of sp³-hybridized carbons (Fsp3) is 0.429. The predicted molar refractivity (Wildman–Crippen MR) is 79.1 cm³/mol. The number of nitrogens with one attached hydrogen (secondary N) is 2. The summed E-state index contributed by atoms with van der Waals surface area (Å²) in [5.41, 5.74) is 0.793. The molecule has 0 fully saturated rings. The van der Waals surface area contributed by atoms with Crippen LogP contribution in [0.5, 0.6) is 11.5 Å². The van der Waals surface area contributed by atoms with E-state index >= 15 is 0 Å². The lowest BCUT2D eigenvalue weighted by atomic mass is 10.2. The summed E-state index contributed by atoms with van der Waals surface area (Å²) >= 11 is 0. The number of hydrogen-bond acceptors (Lipinski definition) is 7. The summed E-state index contributed by atoms with van der Waals surface area (Å²) < 4.78 is 16.5. The Morgan fingerprint density at radius 2 is 1.86 bits per heavy atom. The third-order valence-electron chi connectivity index (χ3n) is 2.59. The van der Waals surface area contributed by atoms with Gasteiger partial charge >= 0.3 is 6.01 Å². The Morgan fingerprint density at radius 3 is 2.57 bits per heavy atom. The molecule has 2 N–H and O–H groups in total. The van der Waals surface area contributed by atoms with Crippen LogP contribution in [0.1, 0.15) is 19.7 Å². The summed E-state index contributed by atoms with van der Waals surface area (Å²) in [5, 5.41) is 13.8. The number of anilines is 2. The van der Waals surface area contributed by atoms with E-state index in [4.69, 9.17) is 13.9 Å². The normalized spacial score (nSPS) is 10.4. The highest BCUT2D eigenvalue weighted by Crippen LogP contribution is 2.31. The molecule has 1 heterocycles. The first-order valence-electron chi connectivity index (χ1n) is 6.90. The van der Waals surface area contributed by atoms with Crippen LogP contribution in [0.2, 0.25) is 0 Å². The molecule has 0 saturated carbocycles. The van der Waals surface area contributed by atoms with Crippen molar-refractivity contribution in [3.8, 4) is 11.5 Å². The first-order chi connectivity index (χ1) is 10.3. The Hall–Kier alpha value is -2.28. The minimum Gasteiger partial charge on any atom is -0.490 e. The molecule has 7 nitrogen and oxygen atoms in total. The second-order valence-corrected chi connectivity index (χ2v) is 4.18. The molecule has 2 aromatic rings. The fourth-order valence-corrected chi connectivity index (χ4v) is 1.78. The third-order valence-corrected chi connectivity index (χ3v) is 2.59. The number of ether oxygens (including phenoxy) is 2. The smallest absolute Gasteiger partial charge is 0.320 e. The highest BCUT2D eigenvalue weighted by molar-refractivity contribution is 5.59. The number of aromatic nitrogens is 2. The van der Waals surface area contributed by atoms with E-state index in [1.165, 1.54) is 0 Å². The average molecular weight is 292 g/mol. The van der Waals surface area contributed by atoms with Gasteiger partial charge in [0, 0.05) is 11.8 Å². The maximum Gasteiger partial charge on any atom is 0.320 e. The van der Waals surface area contributed by atoms with Crippen molar-refractivity contribution in [3.63, 3.8) is 0 Å². The zero-order valence-corrected chi connectivity index (χ0v) is 12.5. The topological polar surface area (TPSA) is 81.4 Å². The van der Waals surface area contributed by atoms with E-state index in [1.807, 2.05) is 39.1 Å². The highest BCUT2D eigenvalue weighted by atomic mass is 16.5. The lowest BCUT2D eigenvalue weighted by molar-refractivity contribution is 0.288. The van der Waals surface area contributed by atoms with Gasteiger partial charge in [0.2, 0.25) is 5.89 Å². The van der Waals surface area contributed by atoms with E-state index in [1.54, 1.807) is 0 Å². The van der Waals surface area contributed by atoms with Gasteiger partial charge in [-0.05, 0) is 33.0 Å². The summed E-state index contributed by atoms with van der Waals surface area (Å²) in [6.07, 6.45) is 0. The van der Waals surface area contributed by atoms with Crippen molar-refractivity contribution in [1.29, 1.82) is 0 Å². The molecule has 0 atom stereocenters. The van der Waals surface area contributed by atoms with Crippen LogP contribution in [0.4, 0.5) is 11.7 Å². The first-order valence-corrected chi connectivity index (χ1v) is 6.90. The molecule has 0 bridgehead atoms. The lowest BCUT2D eigenvalue weighted by Crippen LogP contribution is -2.04. The quantitative estimate of drug-likeness (QED) is 0.772. The average Bonchev–Trinajstić information content (AvgIpc) is 2.90. The van der Waals surface area contributed by atoms with Crippen LogP contribution < -0.4 is 20.1 Å². The van der Waals surface area contributed by atoms with Gasteiger partial charge in [-0.3, -0.25) is 0 Å². The van der Waals surface area contributed by atoms with Crippen LogP contribution in [-0.4, -0.2) is 30.5 Å². The zero-order valence-electron chi connectivity index (χ0n) is 12.5. The van der Waals surface area contributed by atoms with E-state index in [9.17, 15) is 0 Å². The summed E-state index contributed by atoms with van der Waals surface area (Å²) in [4.78, 5) is 0. The van der Waals surface area contributed by atoms with Crippen molar-refractivity contribution in [2.45, 2.75) is 20.4 Å². The predicted octanol–water partition coefficient (Wildman–Crippen LogP) is 2.33. The molecule has 21 heavy (non-hydrogen) atoms. The van der Waals surface area contributed by atoms with Crippen molar-refractivity contribution in [1.82, 2.24) is 15.5 Å². The van der Waals surface area contributed by atoms with Crippen molar-refractivity contribution in [3.05, 3.63) is 24.1 Å². The number of rotatable bonds is 8. The molecule has 114 valence electrons. The first kappa shape index (κ1) is 15.1. The molecule has 0 spiro atoms. The number of nitrogens with zero attached hydrogens (tertiary/aromatic N) is 2. The Kier molecular flexibility index (Phi) is 5.39. The van der Waals surface area contributed by atoms with Gasteiger partial charge in [-0.15, -0.1) is 5.10 Å². The van der Waals surface area contributed by atoms with Gasteiger partial charge in [0.1, 0.15) is 0 Å². The van der Waals surface area contributed by atoms with Gasteiger partial charge in [0.25, 0.3) is 0 Å². The molecular formula is C14H20N4O3. The third kappa shape index (κ3) is 4.09. The monoisotopic (exact) mass is 292 g/mol. The molecule has 0 unspecified atom stereocenters. The van der Waals surface area contributed by atoms with Gasteiger partial charge in [-0.1, -0.05) is 5.10 Å². The van der Waals surface area contributed by atoms with Gasteiger partial charge in [0.15, 0.2) is 11.5 Å². The highest BCUT2D eigenvalue weighted by Gasteiger charge is 2.09. The van der Waals surface area contributed by atoms with E-state index < -0.39 is 0 Å². The SMILES string of the molecule is CCOc1ccc(Nc2nnc(CNC)o2)cc1OCC. The maximum atomic E-state index is 5.57. The molecular weight excluding hydrogens is 272 g/mol. The van der Waals surface area contributed by atoms with Crippen molar-refractivity contribution < 1.29 is 13.9 Å². The lowest BCUT2D eigenvalue weighted by Gasteiger charge is -2.12. The van der Waals surface area contributed by atoms with Crippen molar-refractivity contribution in [2.75, 3.05) is 25.6 Å². The van der Waals surface area contributed by atoms with Crippen LogP contribution in [0.25, 0.3) is 0 Å². The van der Waals surface area contributed by atoms with Crippen LogP contribution >= 0.6 is 0 Å². The van der Waals surface area contributed by atoms with E-state index in [0.29, 0.717) is 43.2 Å².